The fraction of sp³-hybridized carbons (Fsp3) is 0.500. The first-order chi connectivity index (χ1) is 8.08. The highest BCUT2D eigenvalue weighted by atomic mass is 16.5. The van der Waals surface area contributed by atoms with Crippen LogP contribution in [-0.4, -0.2) is 30.6 Å². The Morgan fingerprint density at radius 1 is 1.47 bits per heavy atom. The van der Waals surface area contributed by atoms with E-state index in [-0.39, 0.29) is 12.0 Å². The molecule has 0 saturated carbocycles. The third-order valence-corrected chi connectivity index (χ3v) is 2.85. The molecule has 1 aromatic carbocycles. The maximum absolute atomic E-state index is 12.0. The predicted molar refractivity (Wildman–Crippen MR) is 68.7 cm³/mol. The molecule has 3 heteroatoms. The zero-order chi connectivity index (χ0) is 12.8. The van der Waals surface area contributed by atoms with Gasteiger partial charge in [0.15, 0.2) is 0 Å². The van der Waals surface area contributed by atoms with Gasteiger partial charge in [-0.1, -0.05) is 29.8 Å². The van der Waals surface area contributed by atoms with Crippen LogP contribution >= 0.6 is 0 Å². The van der Waals surface area contributed by atoms with Gasteiger partial charge in [0.1, 0.15) is 6.10 Å². The van der Waals surface area contributed by atoms with Crippen LogP contribution in [0.2, 0.25) is 0 Å². The number of hydrogen-bond acceptors (Lipinski definition) is 2. The third kappa shape index (κ3) is 3.86. The van der Waals surface area contributed by atoms with Crippen molar-refractivity contribution in [2.45, 2.75) is 33.4 Å². The number of nitrogens with zero attached hydrogens (tertiary/aromatic N) is 1. The molecule has 0 saturated heterocycles. The number of likely N-dealkylation sites (N-methyl/N-ethyl adjacent to an activating group) is 1. The molecule has 0 spiro atoms. The summed E-state index contributed by atoms with van der Waals surface area (Å²) in [6.45, 7) is 7.15. The van der Waals surface area contributed by atoms with E-state index in [0.717, 1.165) is 5.56 Å². The van der Waals surface area contributed by atoms with Crippen LogP contribution in [0.5, 0.6) is 0 Å². The molecule has 0 heterocycles. The molecule has 1 atom stereocenters. The van der Waals surface area contributed by atoms with E-state index in [4.69, 9.17) is 4.74 Å². The van der Waals surface area contributed by atoms with Crippen molar-refractivity contribution in [2.75, 3.05) is 13.7 Å². The molecule has 0 aliphatic rings. The molecule has 0 aliphatic heterocycles. The molecule has 1 rings (SSSR count). The van der Waals surface area contributed by atoms with Crippen LogP contribution in [0.1, 0.15) is 25.0 Å². The average Bonchev–Trinajstić information content (AvgIpc) is 2.34. The molecule has 0 aromatic heterocycles. The Kier molecular flexibility index (Phi) is 5.16. The Morgan fingerprint density at radius 3 is 2.71 bits per heavy atom. The number of rotatable bonds is 5. The van der Waals surface area contributed by atoms with Gasteiger partial charge in [0.25, 0.3) is 5.91 Å². The number of ether oxygens (including phenoxy) is 1. The van der Waals surface area contributed by atoms with E-state index >= 15 is 0 Å². The van der Waals surface area contributed by atoms with Crippen molar-refractivity contribution >= 4 is 5.91 Å². The smallest absolute Gasteiger partial charge is 0.251 e. The van der Waals surface area contributed by atoms with Crippen molar-refractivity contribution in [3.8, 4) is 0 Å². The van der Waals surface area contributed by atoms with E-state index in [1.54, 1.807) is 14.0 Å². The van der Waals surface area contributed by atoms with E-state index in [1.165, 1.54) is 5.56 Å². The summed E-state index contributed by atoms with van der Waals surface area (Å²) in [7, 11) is 1.56. The SMILES string of the molecule is CCN(Cc1cccc(C)c1)C(=O)C(C)OC. The van der Waals surface area contributed by atoms with Gasteiger partial charge in [-0.05, 0) is 26.3 Å². The van der Waals surface area contributed by atoms with Crippen molar-refractivity contribution in [1.29, 1.82) is 0 Å². The first-order valence-electron chi connectivity index (χ1n) is 5.95. The van der Waals surface area contributed by atoms with Crippen LogP contribution in [-0.2, 0) is 16.1 Å². The average molecular weight is 235 g/mol. The number of amides is 1. The molecule has 94 valence electrons. The van der Waals surface area contributed by atoms with Gasteiger partial charge in [0.05, 0.1) is 0 Å². The Bertz CT molecular complexity index is 376. The molecule has 17 heavy (non-hydrogen) atoms. The van der Waals surface area contributed by atoms with Crippen LogP contribution in [0.25, 0.3) is 0 Å². The minimum Gasteiger partial charge on any atom is -0.372 e. The number of methoxy groups -OCH3 is 1. The summed E-state index contributed by atoms with van der Waals surface area (Å²) in [6.07, 6.45) is -0.375. The molecule has 0 aliphatic carbocycles. The first-order valence-corrected chi connectivity index (χ1v) is 5.95. The van der Waals surface area contributed by atoms with E-state index < -0.39 is 0 Å². The molecular formula is C14H21NO2. The van der Waals surface area contributed by atoms with Gasteiger partial charge in [-0.25, -0.2) is 0 Å². The third-order valence-electron chi connectivity index (χ3n) is 2.85. The standard InChI is InChI=1S/C14H21NO2/c1-5-15(14(16)12(3)17-4)10-13-8-6-7-11(2)9-13/h6-9,12H,5,10H2,1-4H3. The zero-order valence-electron chi connectivity index (χ0n) is 11.1. The van der Waals surface area contributed by atoms with Crippen molar-refractivity contribution < 1.29 is 9.53 Å². The second-order valence-electron chi connectivity index (χ2n) is 4.22. The van der Waals surface area contributed by atoms with Gasteiger partial charge in [0.2, 0.25) is 0 Å². The number of benzene rings is 1. The van der Waals surface area contributed by atoms with Crippen molar-refractivity contribution in [2.24, 2.45) is 0 Å². The normalized spacial score (nSPS) is 12.2. The summed E-state index contributed by atoms with van der Waals surface area (Å²) in [5.41, 5.74) is 2.37. The van der Waals surface area contributed by atoms with Gasteiger partial charge in [-0.15, -0.1) is 0 Å². The van der Waals surface area contributed by atoms with Crippen LogP contribution in [0.15, 0.2) is 24.3 Å². The van der Waals surface area contributed by atoms with Crippen molar-refractivity contribution in [1.82, 2.24) is 4.90 Å². The predicted octanol–water partition coefficient (Wildman–Crippen LogP) is 2.38. The molecule has 0 N–H and O–H groups in total. The minimum atomic E-state index is -0.375. The van der Waals surface area contributed by atoms with E-state index in [9.17, 15) is 4.79 Å². The fourth-order valence-corrected chi connectivity index (χ4v) is 1.73. The van der Waals surface area contributed by atoms with E-state index in [2.05, 4.69) is 19.1 Å². The maximum atomic E-state index is 12.0. The summed E-state index contributed by atoms with van der Waals surface area (Å²) < 4.78 is 5.06. The van der Waals surface area contributed by atoms with Crippen LogP contribution in [0.3, 0.4) is 0 Å². The number of hydrogen-bond donors (Lipinski definition) is 0. The Balaban J connectivity index is 2.73. The number of aryl methyl sites for hydroxylation is 1. The topological polar surface area (TPSA) is 29.5 Å². The van der Waals surface area contributed by atoms with E-state index in [0.29, 0.717) is 13.1 Å². The molecule has 3 nitrogen and oxygen atoms in total. The number of carbonyl (C=O) groups is 1. The maximum Gasteiger partial charge on any atom is 0.251 e. The van der Waals surface area contributed by atoms with Gasteiger partial charge in [0, 0.05) is 20.2 Å². The summed E-state index contributed by atoms with van der Waals surface area (Å²) in [4.78, 5) is 13.8. The Morgan fingerprint density at radius 2 is 2.18 bits per heavy atom. The molecule has 0 fully saturated rings. The molecule has 0 bridgehead atoms. The van der Waals surface area contributed by atoms with Gasteiger partial charge >= 0.3 is 0 Å². The zero-order valence-corrected chi connectivity index (χ0v) is 11.1. The Labute approximate surface area is 103 Å². The Hall–Kier alpha value is -1.35. The molecule has 1 amide bonds. The summed E-state index contributed by atoms with van der Waals surface area (Å²) >= 11 is 0. The summed E-state index contributed by atoms with van der Waals surface area (Å²) in [5, 5.41) is 0. The highest BCUT2D eigenvalue weighted by molar-refractivity contribution is 5.80. The summed E-state index contributed by atoms with van der Waals surface area (Å²) in [5.74, 6) is 0.0384. The quantitative estimate of drug-likeness (QED) is 0.784. The van der Waals surface area contributed by atoms with Gasteiger partial charge in [-0.3, -0.25) is 4.79 Å². The lowest BCUT2D eigenvalue weighted by molar-refractivity contribution is -0.141. The highest BCUT2D eigenvalue weighted by Crippen LogP contribution is 2.09. The monoisotopic (exact) mass is 235 g/mol. The van der Waals surface area contributed by atoms with Gasteiger partial charge < -0.3 is 9.64 Å². The second-order valence-corrected chi connectivity index (χ2v) is 4.22. The molecule has 0 radical (unpaired) electrons. The molecule has 1 aromatic rings. The van der Waals surface area contributed by atoms with E-state index in [1.807, 2.05) is 24.0 Å². The minimum absolute atomic E-state index is 0.0384. The lowest BCUT2D eigenvalue weighted by Crippen LogP contribution is -2.38. The molecular weight excluding hydrogens is 214 g/mol. The lowest BCUT2D eigenvalue weighted by Gasteiger charge is -2.24. The van der Waals surface area contributed by atoms with Crippen LogP contribution in [0, 0.1) is 6.92 Å². The van der Waals surface area contributed by atoms with Crippen molar-refractivity contribution in [3.63, 3.8) is 0 Å². The number of carbonyl (C=O) groups excluding carboxylic acids is 1. The molecule has 1 unspecified atom stereocenters. The largest absolute Gasteiger partial charge is 0.372 e. The van der Waals surface area contributed by atoms with Crippen LogP contribution in [0.4, 0.5) is 0 Å². The lowest BCUT2D eigenvalue weighted by atomic mass is 10.1. The van der Waals surface area contributed by atoms with Crippen LogP contribution < -0.4 is 0 Å². The van der Waals surface area contributed by atoms with Gasteiger partial charge in [-0.2, -0.15) is 0 Å². The fourth-order valence-electron chi connectivity index (χ4n) is 1.73. The van der Waals surface area contributed by atoms with Crippen molar-refractivity contribution in [3.05, 3.63) is 35.4 Å². The highest BCUT2D eigenvalue weighted by Gasteiger charge is 2.18. The summed E-state index contributed by atoms with van der Waals surface area (Å²) in [6, 6.07) is 8.22. The second kappa shape index (κ2) is 6.40. The first kappa shape index (κ1) is 13.7.